The normalized spacial score (nSPS) is 12.4. The summed E-state index contributed by atoms with van der Waals surface area (Å²) in [5.74, 6) is -2.19. The first-order chi connectivity index (χ1) is 9.43. The first-order valence-corrected chi connectivity index (χ1v) is 6.87. The largest absolute Gasteiger partial charge is 0.388 e. The topological polar surface area (TPSA) is 63.3 Å². The SMILES string of the molecule is CCC(O)c1cc(F)c(-c2cc(C(N)=O)cs2)c(F)c1. The van der Waals surface area contributed by atoms with Crippen molar-refractivity contribution in [1.82, 2.24) is 0 Å². The molecular formula is C14H13F2NO2S. The fraction of sp³-hybridized carbons (Fsp3) is 0.214. The molecule has 2 rings (SSSR count). The molecule has 0 aliphatic carbocycles. The maximum Gasteiger partial charge on any atom is 0.249 e. The van der Waals surface area contributed by atoms with Crippen molar-refractivity contribution < 1.29 is 18.7 Å². The summed E-state index contributed by atoms with van der Waals surface area (Å²) in [5, 5.41) is 11.1. The first kappa shape index (κ1) is 14.6. The smallest absolute Gasteiger partial charge is 0.249 e. The van der Waals surface area contributed by atoms with E-state index >= 15 is 0 Å². The van der Waals surface area contributed by atoms with Crippen LogP contribution in [0.1, 0.15) is 35.4 Å². The minimum Gasteiger partial charge on any atom is -0.388 e. The molecule has 106 valence electrons. The van der Waals surface area contributed by atoms with Crippen LogP contribution >= 0.6 is 11.3 Å². The molecule has 0 saturated carbocycles. The second-order valence-electron chi connectivity index (χ2n) is 4.35. The average Bonchev–Trinajstić information content (AvgIpc) is 2.86. The van der Waals surface area contributed by atoms with Crippen LogP contribution in [0.5, 0.6) is 0 Å². The van der Waals surface area contributed by atoms with Crippen molar-refractivity contribution in [2.24, 2.45) is 5.73 Å². The van der Waals surface area contributed by atoms with E-state index in [-0.39, 0.29) is 21.6 Å². The molecule has 0 aliphatic heterocycles. The summed E-state index contributed by atoms with van der Waals surface area (Å²) < 4.78 is 28.1. The van der Waals surface area contributed by atoms with Gasteiger partial charge in [-0.25, -0.2) is 8.78 Å². The predicted molar refractivity (Wildman–Crippen MR) is 73.4 cm³/mol. The van der Waals surface area contributed by atoms with Gasteiger partial charge in [-0.2, -0.15) is 0 Å². The average molecular weight is 297 g/mol. The fourth-order valence-electron chi connectivity index (χ4n) is 1.85. The number of nitrogens with two attached hydrogens (primary N) is 1. The number of carbonyl (C=O) groups excluding carboxylic acids is 1. The van der Waals surface area contributed by atoms with E-state index in [4.69, 9.17) is 5.73 Å². The summed E-state index contributed by atoms with van der Waals surface area (Å²) in [7, 11) is 0. The molecule has 3 nitrogen and oxygen atoms in total. The van der Waals surface area contributed by atoms with E-state index in [9.17, 15) is 18.7 Å². The van der Waals surface area contributed by atoms with Crippen molar-refractivity contribution in [3.63, 3.8) is 0 Å². The number of rotatable bonds is 4. The fourth-order valence-corrected chi connectivity index (χ4v) is 2.80. The molecular weight excluding hydrogens is 284 g/mol. The van der Waals surface area contributed by atoms with Crippen molar-refractivity contribution in [3.8, 4) is 10.4 Å². The summed E-state index contributed by atoms with van der Waals surface area (Å²) in [6.45, 7) is 1.72. The van der Waals surface area contributed by atoms with E-state index in [2.05, 4.69) is 0 Å². The molecule has 0 aliphatic rings. The predicted octanol–water partition coefficient (Wildman–Crippen LogP) is 3.24. The Hall–Kier alpha value is -1.79. The van der Waals surface area contributed by atoms with Crippen LogP contribution in [0.15, 0.2) is 23.6 Å². The lowest BCUT2D eigenvalue weighted by Crippen LogP contribution is -2.09. The van der Waals surface area contributed by atoms with E-state index < -0.39 is 23.6 Å². The highest BCUT2D eigenvalue weighted by Gasteiger charge is 2.18. The van der Waals surface area contributed by atoms with Gasteiger partial charge in [0.25, 0.3) is 0 Å². The zero-order valence-corrected chi connectivity index (χ0v) is 11.5. The Balaban J connectivity index is 2.49. The summed E-state index contributed by atoms with van der Waals surface area (Å²) >= 11 is 1.04. The summed E-state index contributed by atoms with van der Waals surface area (Å²) in [6, 6.07) is 3.57. The second kappa shape index (κ2) is 5.68. The monoisotopic (exact) mass is 297 g/mol. The molecule has 0 spiro atoms. The maximum absolute atomic E-state index is 14.0. The minimum atomic E-state index is -0.905. The van der Waals surface area contributed by atoms with Gasteiger partial charge in [-0.3, -0.25) is 4.79 Å². The quantitative estimate of drug-likeness (QED) is 0.910. The summed E-state index contributed by atoms with van der Waals surface area (Å²) in [4.78, 5) is 11.3. The van der Waals surface area contributed by atoms with Crippen LogP contribution in [0.4, 0.5) is 8.78 Å². The molecule has 6 heteroatoms. The highest BCUT2D eigenvalue weighted by molar-refractivity contribution is 7.13. The number of halogens is 2. The number of hydrogen-bond donors (Lipinski definition) is 2. The van der Waals surface area contributed by atoms with Crippen molar-refractivity contribution in [1.29, 1.82) is 0 Å². The molecule has 20 heavy (non-hydrogen) atoms. The molecule has 3 N–H and O–H groups in total. The van der Waals surface area contributed by atoms with Gasteiger partial charge in [0, 0.05) is 10.3 Å². The molecule has 0 bridgehead atoms. The molecule has 1 aromatic heterocycles. The molecule has 1 heterocycles. The number of thiophene rings is 1. The number of aliphatic hydroxyl groups is 1. The lowest BCUT2D eigenvalue weighted by molar-refractivity contribution is 0.100. The van der Waals surface area contributed by atoms with Crippen LogP contribution in [-0.4, -0.2) is 11.0 Å². The third kappa shape index (κ3) is 2.71. The standard InChI is InChI=1S/C14H13F2NO2S/c1-2-11(18)7-3-9(15)13(10(16)4-7)12-5-8(6-20-12)14(17)19/h3-6,11,18H,2H2,1H3,(H2,17,19). The molecule has 1 amide bonds. The van der Waals surface area contributed by atoms with Crippen molar-refractivity contribution in [3.05, 3.63) is 46.3 Å². The van der Waals surface area contributed by atoms with Gasteiger partial charge >= 0.3 is 0 Å². The van der Waals surface area contributed by atoms with E-state index in [1.54, 1.807) is 6.92 Å². The maximum atomic E-state index is 14.0. The van der Waals surface area contributed by atoms with Gasteiger partial charge in [-0.1, -0.05) is 6.92 Å². The zero-order chi connectivity index (χ0) is 14.9. The first-order valence-electron chi connectivity index (χ1n) is 5.99. The van der Waals surface area contributed by atoms with Gasteiger partial charge in [-0.05, 0) is 30.2 Å². The third-order valence-electron chi connectivity index (χ3n) is 2.97. The van der Waals surface area contributed by atoms with Gasteiger partial charge in [0.05, 0.1) is 17.2 Å². The van der Waals surface area contributed by atoms with Crippen molar-refractivity contribution >= 4 is 17.2 Å². The highest BCUT2D eigenvalue weighted by atomic mass is 32.1. The minimum absolute atomic E-state index is 0.193. The zero-order valence-electron chi connectivity index (χ0n) is 10.7. The van der Waals surface area contributed by atoms with E-state index in [1.807, 2.05) is 0 Å². The molecule has 1 unspecified atom stereocenters. The molecule has 0 fully saturated rings. The number of aliphatic hydroxyl groups excluding tert-OH is 1. The van der Waals surface area contributed by atoms with Gasteiger partial charge in [-0.15, -0.1) is 11.3 Å². The van der Waals surface area contributed by atoms with Crippen LogP contribution < -0.4 is 5.73 Å². The number of amides is 1. The lowest BCUT2D eigenvalue weighted by Gasteiger charge is -2.11. The van der Waals surface area contributed by atoms with Crippen LogP contribution in [-0.2, 0) is 0 Å². The highest BCUT2D eigenvalue weighted by Crippen LogP contribution is 2.33. The molecule has 0 saturated heterocycles. The van der Waals surface area contributed by atoms with E-state index in [0.717, 1.165) is 23.5 Å². The van der Waals surface area contributed by atoms with E-state index in [1.165, 1.54) is 11.4 Å². The Morgan fingerprint density at radius 2 is 1.95 bits per heavy atom. The number of carbonyl (C=O) groups is 1. The van der Waals surface area contributed by atoms with Gasteiger partial charge < -0.3 is 10.8 Å². The van der Waals surface area contributed by atoms with Crippen LogP contribution in [0.2, 0.25) is 0 Å². The van der Waals surface area contributed by atoms with Crippen LogP contribution in [0, 0.1) is 11.6 Å². The summed E-state index contributed by atoms with van der Waals surface area (Å²) in [5.41, 5.74) is 5.30. The Morgan fingerprint density at radius 3 is 2.40 bits per heavy atom. The Labute approximate surface area is 118 Å². The Bertz CT molecular complexity index is 631. The van der Waals surface area contributed by atoms with Gasteiger partial charge in [0.15, 0.2) is 0 Å². The number of benzene rings is 1. The summed E-state index contributed by atoms with van der Waals surface area (Å²) in [6.07, 6.45) is -0.541. The molecule has 0 radical (unpaired) electrons. The Morgan fingerprint density at radius 1 is 1.35 bits per heavy atom. The van der Waals surface area contributed by atoms with Crippen molar-refractivity contribution in [2.45, 2.75) is 19.4 Å². The van der Waals surface area contributed by atoms with Gasteiger partial charge in [0.2, 0.25) is 5.91 Å². The molecule has 1 atom stereocenters. The molecule has 2 aromatic rings. The third-order valence-corrected chi connectivity index (χ3v) is 3.91. The lowest BCUT2D eigenvalue weighted by atomic mass is 10.0. The van der Waals surface area contributed by atoms with Crippen molar-refractivity contribution in [2.75, 3.05) is 0 Å². The second-order valence-corrected chi connectivity index (χ2v) is 5.26. The van der Waals surface area contributed by atoms with Crippen LogP contribution in [0.3, 0.4) is 0 Å². The molecule has 1 aromatic carbocycles. The number of primary amides is 1. The van der Waals surface area contributed by atoms with Crippen LogP contribution in [0.25, 0.3) is 10.4 Å². The number of hydrogen-bond acceptors (Lipinski definition) is 3. The van der Waals surface area contributed by atoms with E-state index in [0.29, 0.717) is 6.42 Å². The Kier molecular flexibility index (Phi) is 4.15. The van der Waals surface area contributed by atoms with Gasteiger partial charge in [0.1, 0.15) is 11.6 Å².